The summed E-state index contributed by atoms with van der Waals surface area (Å²) in [5.41, 5.74) is 0.409. The van der Waals surface area contributed by atoms with Crippen molar-refractivity contribution in [3.05, 3.63) is 40.7 Å². The van der Waals surface area contributed by atoms with Crippen LogP contribution in [0.2, 0.25) is 0 Å². The van der Waals surface area contributed by atoms with E-state index in [0.717, 1.165) is 0 Å². The second-order valence-corrected chi connectivity index (χ2v) is 8.43. The van der Waals surface area contributed by atoms with E-state index in [1.54, 1.807) is 18.2 Å². The number of sulfonamides is 1. The van der Waals surface area contributed by atoms with Crippen molar-refractivity contribution in [3.8, 4) is 0 Å². The van der Waals surface area contributed by atoms with Gasteiger partial charge in [0.05, 0.1) is 4.90 Å². The molecule has 3 rings (SSSR count). The van der Waals surface area contributed by atoms with Gasteiger partial charge in [-0.3, -0.25) is 4.79 Å². The Morgan fingerprint density at radius 3 is 2.64 bits per heavy atom. The predicted octanol–water partition coefficient (Wildman–Crippen LogP) is 2.24. The molecule has 0 atom stereocenters. The van der Waals surface area contributed by atoms with Crippen LogP contribution < -0.4 is 10.3 Å². The van der Waals surface area contributed by atoms with Gasteiger partial charge in [0.1, 0.15) is 0 Å². The second-order valence-electron chi connectivity index (χ2n) is 6.66. The van der Waals surface area contributed by atoms with Crippen molar-refractivity contribution in [1.29, 1.82) is 0 Å². The lowest BCUT2D eigenvalue weighted by molar-refractivity contribution is 0.310. The minimum absolute atomic E-state index is 0.0187. The van der Waals surface area contributed by atoms with Crippen molar-refractivity contribution in [2.75, 3.05) is 6.54 Å². The lowest BCUT2D eigenvalue weighted by atomic mass is 9.88. The molecular weight excluding hydrogens is 300 g/mol. The van der Waals surface area contributed by atoms with Gasteiger partial charge >= 0.3 is 0 Å². The Morgan fingerprint density at radius 2 is 1.95 bits per heavy atom. The van der Waals surface area contributed by atoms with Gasteiger partial charge in [-0.05, 0) is 53.8 Å². The van der Waals surface area contributed by atoms with E-state index in [-0.39, 0.29) is 15.9 Å². The molecule has 118 valence electrons. The van der Waals surface area contributed by atoms with Crippen molar-refractivity contribution in [2.24, 2.45) is 11.3 Å². The maximum Gasteiger partial charge on any atom is 0.248 e. The average Bonchev–Trinajstić information content (AvgIpc) is 3.30. The highest BCUT2D eigenvalue weighted by molar-refractivity contribution is 7.89. The van der Waals surface area contributed by atoms with E-state index in [9.17, 15) is 13.2 Å². The van der Waals surface area contributed by atoms with Gasteiger partial charge in [0.25, 0.3) is 0 Å². The normalized spacial score (nSPS) is 16.1. The van der Waals surface area contributed by atoms with Gasteiger partial charge in [0.2, 0.25) is 15.6 Å². The van der Waals surface area contributed by atoms with Crippen molar-refractivity contribution >= 4 is 20.9 Å². The fourth-order valence-corrected chi connectivity index (χ4v) is 3.93. The zero-order valence-corrected chi connectivity index (χ0v) is 13.5. The molecule has 22 heavy (non-hydrogen) atoms. The van der Waals surface area contributed by atoms with E-state index in [2.05, 4.69) is 23.6 Å². The molecule has 5 nitrogen and oxygen atoms in total. The minimum atomic E-state index is -3.54. The maximum absolute atomic E-state index is 12.4. The summed E-state index contributed by atoms with van der Waals surface area (Å²) >= 11 is 0. The number of aromatic nitrogens is 1. The summed E-state index contributed by atoms with van der Waals surface area (Å²) in [7, 11) is -3.54. The van der Waals surface area contributed by atoms with Gasteiger partial charge < -0.3 is 4.98 Å². The van der Waals surface area contributed by atoms with Crippen molar-refractivity contribution in [1.82, 2.24) is 9.71 Å². The van der Waals surface area contributed by atoms with Crippen molar-refractivity contribution in [3.63, 3.8) is 0 Å². The standard InChI is InChI=1S/C16H20N2O3S/c1-16(2,12-4-5-12)10-17-22(20,21)13-6-7-14-11(9-13)3-8-15(19)18-14/h3,6-9,12,17H,4-5,10H2,1-2H3,(H,18,19). The largest absolute Gasteiger partial charge is 0.322 e. The Bertz CT molecular complexity index is 864. The zero-order chi connectivity index (χ0) is 16.0. The van der Waals surface area contributed by atoms with Gasteiger partial charge in [-0.15, -0.1) is 0 Å². The summed E-state index contributed by atoms with van der Waals surface area (Å²) in [5, 5.41) is 0.698. The van der Waals surface area contributed by atoms with Gasteiger partial charge in [-0.2, -0.15) is 0 Å². The van der Waals surface area contributed by atoms with Crippen LogP contribution in [0.3, 0.4) is 0 Å². The monoisotopic (exact) mass is 320 g/mol. The highest BCUT2D eigenvalue weighted by atomic mass is 32.2. The van der Waals surface area contributed by atoms with Gasteiger partial charge in [0, 0.05) is 18.1 Å². The number of fused-ring (bicyclic) bond motifs is 1. The Morgan fingerprint density at radius 1 is 1.23 bits per heavy atom. The number of hydrogen-bond acceptors (Lipinski definition) is 3. The first-order valence-corrected chi connectivity index (χ1v) is 8.89. The Kier molecular flexibility index (Phi) is 3.61. The Balaban J connectivity index is 1.85. The van der Waals surface area contributed by atoms with Gasteiger partial charge in [-0.25, -0.2) is 13.1 Å². The van der Waals surface area contributed by atoms with E-state index in [1.165, 1.54) is 25.0 Å². The van der Waals surface area contributed by atoms with Crippen LogP contribution in [0.25, 0.3) is 10.9 Å². The topological polar surface area (TPSA) is 79.0 Å². The Labute approximate surface area is 129 Å². The van der Waals surface area contributed by atoms with Gasteiger partial charge in [-0.1, -0.05) is 13.8 Å². The lowest BCUT2D eigenvalue weighted by Gasteiger charge is -2.24. The molecule has 1 fully saturated rings. The molecule has 1 heterocycles. The summed E-state index contributed by atoms with van der Waals surface area (Å²) in [6, 6.07) is 7.74. The molecule has 1 saturated carbocycles. The quantitative estimate of drug-likeness (QED) is 0.887. The summed E-state index contributed by atoms with van der Waals surface area (Å²) in [5.74, 6) is 0.608. The Hall–Kier alpha value is -1.66. The fraction of sp³-hybridized carbons (Fsp3) is 0.438. The number of H-pyrrole nitrogens is 1. The van der Waals surface area contributed by atoms with Gasteiger partial charge in [0.15, 0.2) is 0 Å². The molecule has 1 aliphatic carbocycles. The number of aromatic amines is 1. The number of rotatable bonds is 5. The molecule has 2 aromatic rings. The summed E-state index contributed by atoms with van der Waals surface area (Å²) in [6.45, 7) is 4.63. The molecule has 2 N–H and O–H groups in total. The first kappa shape index (κ1) is 15.2. The van der Waals surface area contributed by atoms with Crippen LogP contribution >= 0.6 is 0 Å². The lowest BCUT2D eigenvalue weighted by Crippen LogP contribution is -2.35. The van der Waals surface area contributed by atoms with E-state index in [1.807, 2.05) is 0 Å². The minimum Gasteiger partial charge on any atom is -0.322 e. The molecule has 0 spiro atoms. The molecule has 0 aliphatic heterocycles. The molecular formula is C16H20N2O3S. The van der Waals surface area contributed by atoms with E-state index in [0.29, 0.717) is 23.4 Å². The molecule has 1 aromatic heterocycles. The first-order chi connectivity index (χ1) is 10.3. The molecule has 6 heteroatoms. The molecule has 0 bridgehead atoms. The molecule has 0 unspecified atom stereocenters. The zero-order valence-electron chi connectivity index (χ0n) is 12.7. The van der Waals surface area contributed by atoms with Crippen LogP contribution in [0.15, 0.2) is 40.0 Å². The molecule has 0 saturated heterocycles. The first-order valence-electron chi connectivity index (χ1n) is 7.41. The predicted molar refractivity (Wildman–Crippen MR) is 86.3 cm³/mol. The average molecular weight is 320 g/mol. The van der Waals surface area contributed by atoms with Crippen molar-refractivity contribution in [2.45, 2.75) is 31.6 Å². The molecule has 0 amide bonds. The van der Waals surface area contributed by atoms with Crippen LogP contribution in [0, 0.1) is 11.3 Å². The smallest absolute Gasteiger partial charge is 0.248 e. The summed E-state index contributed by atoms with van der Waals surface area (Å²) in [6.07, 6.45) is 2.36. The van der Waals surface area contributed by atoms with Crippen LogP contribution in [-0.2, 0) is 10.0 Å². The van der Waals surface area contributed by atoms with E-state index >= 15 is 0 Å². The van der Waals surface area contributed by atoms with Crippen LogP contribution in [0.4, 0.5) is 0 Å². The highest BCUT2D eigenvalue weighted by Crippen LogP contribution is 2.44. The highest BCUT2D eigenvalue weighted by Gasteiger charge is 2.38. The third-order valence-corrected chi connectivity index (χ3v) is 5.80. The number of nitrogens with one attached hydrogen (secondary N) is 2. The summed E-state index contributed by atoms with van der Waals surface area (Å²) < 4.78 is 27.6. The second kappa shape index (κ2) is 5.21. The number of benzene rings is 1. The number of pyridine rings is 1. The maximum atomic E-state index is 12.4. The fourth-order valence-electron chi connectivity index (χ4n) is 2.67. The third kappa shape index (κ3) is 3.08. The molecule has 0 radical (unpaired) electrons. The molecule has 1 aromatic carbocycles. The van der Waals surface area contributed by atoms with E-state index < -0.39 is 10.0 Å². The van der Waals surface area contributed by atoms with Crippen molar-refractivity contribution < 1.29 is 8.42 Å². The SMILES string of the molecule is CC(C)(CNS(=O)(=O)c1ccc2[nH]c(=O)ccc2c1)C1CC1. The van der Waals surface area contributed by atoms with Crippen LogP contribution in [-0.4, -0.2) is 19.9 Å². The number of hydrogen-bond donors (Lipinski definition) is 2. The third-order valence-electron chi connectivity index (χ3n) is 4.41. The van der Waals surface area contributed by atoms with Crippen LogP contribution in [0.1, 0.15) is 26.7 Å². The van der Waals surface area contributed by atoms with Crippen LogP contribution in [0.5, 0.6) is 0 Å². The van der Waals surface area contributed by atoms with E-state index in [4.69, 9.17) is 0 Å². The molecule has 1 aliphatic rings. The summed E-state index contributed by atoms with van der Waals surface area (Å²) in [4.78, 5) is 14.2.